The lowest BCUT2D eigenvalue weighted by Gasteiger charge is -2.26. The zero-order valence-electron chi connectivity index (χ0n) is 18.3. The fourth-order valence-electron chi connectivity index (χ4n) is 3.26. The number of benzene rings is 2. The summed E-state index contributed by atoms with van der Waals surface area (Å²) in [6.45, 7) is 0.259. The highest BCUT2D eigenvalue weighted by Crippen LogP contribution is 2.37. The third-order valence-electron chi connectivity index (χ3n) is 4.88. The van der Waals surface area contributed by atoms with Gasteiger partial charge in [0.15, 0.2) is 17.2 Å². The van der Waals surface area contributed by atoms with Crippen LogP contribution >= 0.6 is 0 Å². The molecule has 10 heteroatoms. The fraction of sp³-hybridized carbons (Fsp3) is 0.429. The Bertz CT molecular complexity index is 892. The number of nitro groups is 1. The van der Waals surface area contributed by atoms with Gasteiger partial charge in [-0.3, -0.25) is 15.4 Å². The molecule has 0 aromatic heterocycles. The number of ether oxygens (including phenoxy) is 5. The second-order valence-corrected chi connectivity index (χ2v) is 6.60. The zero-order valence-corrected chi connectivity index (χ0v) is 18.3. The highest BCUT2D eigenvalue weighted by Gasteiger charge is 2.23. The van der Waals surface area contributed by atoms with E-state index in [1.807, 2.05) is 6.07 Å². The van der Waals surface area contributed by atoms with Crippen molar-refractivity contribution in [1.82, 2.24) is 5.32 Å². The van der Waals surface area contributed by atoms with Crippen LogP contribution in [0.4, 0.5) is 5.69 Å². The summed E-state index contributed by atoms with van der Waals surface area (Å²) < 4.78 is 27.0. The zero-order chi connectivity index (χ0) is 23.0. The fourth-order valence-corrected chi connectivity index (χ4v) is 3.26. The van der Waals surface area contributed by atoms with E-state index in [9.17, 15) is 10.1 Å². The number of hydrogen-bond acceptors (Lipinski definition) is 9. The van der Waals surface area contributed by atoms with E-state index < -0.39 is 11.2 Å². The van der Waals surface area contributed by atoms with Crippen molar-refractivity contribution in [3.05, 3.63) is 51.6 Å². The molecule has 0 aliphatic rings. The summed E-state index contributed by atoms with van der Waals surface area (Å²) in [7, 11) is 7.63. The van der Waals surface area contributed by atoms with Crippen LogP contribution in [-0.4, -0.2) is 53.2 Å². The van der Waals surface area contributed by atoms with Crippen LogP contribution in [0.25, 0.3) is 0 Å². The molecule has 0 spiro atoms. The molecular formula is C21H29N3O7. The minimum Gasteiger partial charge on any atom is -0.496 e. The molecule has 0 saturated carbocycles. The molecule has 2 atom stereocenters. The molecule has 0 bridgehead atoms. The van der Waals surface area contributed by atoms with Crippen molar-refractivity contribution < 1.29 is 28.6 Å². The van der Waals surface area contributed by atoms with Gasteiger partial charge in [0, 0.05) is 37.8 Å². The first-order valence-electron chi connectivity index (χ1n) is 9.52. The Morgan fingerprint density at radius 2 is 1.55 bits per heavy atom. The molecule has 2 unspecified atom stereocenters. The molecule has 170 valence electrons. The highest BCUT2D eigenvalue weighted by molar-refractivity contribution is 5.52. The topological polar surface area (TPSA) is 127 Å². The molecule has 2 aromatic rings. The van der Waals surface area contributed by atoms with Gasteiger partial charge >= 0.3 is 5.69 Å². The van der Waals surface area contributed by atoms with Gasteiger partial charge in [-0.1, -0.05) is 6.07 Å². The van der Waals surface area contributed by atoms with Crippen LogP contribution in [0, 0.1) is 10.1 Å². The van der Waals surface area contributed by atoms with Crippen LogP contribution in [0.2, 0.25) is 0 Å². The van der Waals surface area contributed by atoms with Crippen molar-refractivity contribution in [2.24, 2.45) is 5.73 Å². The Morgan fingerprint density at radius 1 is 0.935 bits per heavy atom. The van der Waals surface area contributed by atoms with E-state index in [1.54, 1.807) is 46.6 Å². The van der Waals surface area contributed by atoms with E-state index in [-0.39, 0.29) is 24.0 Å². The van der Waals surface area contributed by atoms with Crippen molar-refractivity contribution in [1.29, 1.82) is 0 Å². The van der Waals surface area contributed by atoms with Gasteiger partial charge in [-0.05, 0) is 17.7 Å². The third kappa shape index (κ3) is 5.75. The van der Waals surface area contributed by atoms with Crippen LogP contribution in [0.1, 0.15) is 17.2 Å². The largest absolute Gasteiger partial charge is 0.496 e. The molecule has 0 amide bonds. The predicted octanol–water partition coefficient (Wildman–Crippen LogP) is 2.43. The maximum absolute atomic E-state index is 11.1. The van der Waals surface area contributed by atoms with E-state index in [2.05, 4.69) is 5.32 Å². The molecule has 0 saturated heterocycles. The number of hydrogen-bond donors (Lipinski definition) is 2. The summed E-state index contributed by atoms with van der Waals surface area (Å²) in [5.41, 5.74) is 7.54. The van der Waals surface area contributed by atoms with E-state index >= 15 is 0 Å². The van der Waals surface area contributed by atoms with Crippen molar-refractivity contribution in [2.75, 3.05) is 42.1 Å². The Kier molecular flexibility index (Phi) is 8.86. The minimum absolute atomic E-state index is 0.0944. The molecule has 0 aliphatic heterocycles. The van der Waals surface area contributed by atoms with E-state index in [1.165, 1.54) is 13.2 Å². The maximum Gasteiger partial charge on any atom is 0.310 e. The number of nitrogens with two attached hydrogens (primary N) is 1. The van der Waals surface area contributed by atoms with Gasteiger partial charge in [0.2, 0.25) is 0 Å². The molecular weight excluding hydrogens is 406 g/mol. The lowest BCUT2D eigenvalue weighted by Crippen LogP contribution is -2.39. The number of nitrogens with zero attached hydrogens (tertiary/aromatic N) is 1. The molecule has 2 rings (SSSR count). The Morgan fingerprint density at radius 3 is 2.06 bits per heavy atom. The van der Waals surface area contributed by atoms with Crippen LogP contribution in [0.5, 0.6) is 23.0 Å². The van der Waals surface area contributed by atoms with Crippen LogP contribution in [0.3, 0.4) is 0 Å². The summed E-state index contributed by atoms with van der Waals surface area (Å²) in [5.74, 6) is 1.87. The van der Waals surface area contributed by atoms with E-state index in [0.717, 1.165) is 11.1 Å². The van der Waals surface area contributed by atoms with Gasteiger partial charge in [0.1, 0.15) is 12.0 Å². The third-order valence-corrected chi connectivity index (χ3v) is 4.88. The van der Waals surface area contributed by atoms with E-state index in [0.29, 0.717) is 23.7 Å². The normalized spacial score (nSPS) is 12.7. The first-order valence-corrected chi connectivity index (χ1v) is 9.52. The Hall–Kier alpha value is -3.08. The summed E-state index contributed by atoms with van der Waals surface area (Å²) in [5, 5.41) is 14.5. The Balaban J connectivity index is 2.28. The van der Waals surface area contributed by atoms with Crippen LogP contribution in [0.15, 0.2) is 30.3 Å². The van der Waals surface area contributed by atoms with E-state index in [4.69, 9.17) is 29.4 Å². The van der Waals surface area contributed by atoms with Crippen molar-refractivity contribution in [3.63, 3.8) is 0 Å². The molecule has 2 aromatic carbocycles. The number of nitrogens with one attached hydrogen (secondary N) is 1. The average molecular weight is 435 g/mol. The van der Waals surface area contributed by atoms with Gasteiger partial charge < -0.3 is 29.4 Å². The van der Waals surface area contributed by atoms with Crippen molar-refractivity contribution in [3.8, 4) is 23.0 Å². The molecule has 10 nitrogen and oxygen atoms in total. The van der Waals surface area contributed by atoms with Crippen LogP contribution in [-0.2, 0) is 11.2 Å². The number of rotatable bonds is 12. The Labute approximate surface area is 181 Å². The molecule has 0 fully saturated rings. The minimum atomic E-state index is -0.484. The molecule has 3 N–H and O–H groups in total. The lowest BCUT2D eigenvalue weighted by atomic mass is 10.0. The average Bonchev–Trinajstić information content (AvgIpc) is 2.80. The highest BCUT2D eigenvalue weighted by atomic mass is 16.6. The molecule has 31 heavy (non-hydrogen) atoms. The second kappa shape index (κ2) is 11.3. The van der Waals surface area contributed by atoms with Gasteiger partial charge in [-0.25, -0.2) is 0 Å². The monoisotopic (exact) mass is 435 g/mol. The first kappa shape index (κ1) is 24.2. The summed E-state index contributed by atoms with van der Waals surface area (Å²) in [4.78, 5) is 10.6. The number of nitro benzene ring substituents is 1. The van der Waals surface area contributed by atoms with Crippen molar-refractivity contribution >= 4 is 5.69 Å². The van der Waals surface area contributed by atoms with Gasteiger partial charge in [0.05, 0.1) is 39.4 Å². The van der Waals surface area contributed by atoms with Crippen LogP contribution < -0.4 is 30.0 Å². The predicted molar refractivity (Wildman–Crippen MR) is 115 cm³/mol. The SMILES string of the molecule is COc1cc(OC)c(C(CN)NC(Cc2ccc([N+](=O)[O-])c(OC)c2)OC)cc1OC. The smallest absolute Gasteiger partial charge is 0.310 e. The van der Waals surface area contributed by atoms with Gasteiger partial charge in [0.25, 0.3) is 0 Å². The second-order valence-electron chi connectivity index (χ2n) is 6.60. The van der Waals surface area contributed by atoms with Gasteiger partial charge in [-0.2, -0.15) is 0 Å². The van der Waals surface area contributed by atoms with Crippen molar-refractivity contribution in [2.45, 2.75) is 18.7 Å². The van der Waals surface area contributed by atoms with Gasteiger partial charge in [-0.15, -0.1) is 0 Å². The quantitative estimate of drug-likeness (QED) is 0.293. The summed E-state index contributed by atoms with van der Waals surface area (Å²) in [6.07, 6.45) is -0.00532. The molecule has 0 heterocycles. The summed E-state index contributed by atoms with van der Waals surface area (Å²) in [6, 6.07) is 7.94. The molecule has 0 radical (unpaired) electrons. The lowest BCUT2D eigenvalue weighted by molar-refractivity contribution is -0.385. The molecule has 0 aliphatic carbocycles. The maximum atomic E-state index is 11.1. The summed E-state index contributed by atoms with van der Waals surface area (Å²) >= 11 is 0. The first-order chi connectivity index (χ1) is 14.9. The number of methoxy groups -OCH3 is 5. The standard InChI is InChI=1S/C21H29N3O7/c1-27-17-11-20(30-4)19(29-3)10-14(17)15(12-22)23-21(31-5)9-13-6-7-16(24(25)26)18(8-13)28-2/h6-8,10-11,15,21,23H,9,12,22H2,1-5H3.